The first-order valence-corrected chi connectivity index (χ1v) is 7.58. The molecule has 112 valence electrons. The van der Waals surface area contributed by atoms with E-state index in [-0.39, 0.29) is 6.04 Å². The number of aryl methyl sites for hydroxylation is 1. The lowest BCUT2D eigenvalue weighted by atomic mass is 10.0. The third-order valence-corrected chi connectivity index (χ3v) is 4.42. The van der Waals surface area contributed by atoms with Crippen LogP contribution >= 0.6 is 11.5 Å². The summed E-state index contributed by atoms with van der Waals surface area (Å²) in [7, 11) is 0. The van der Waals surface area contributed by atoms with Crippen molar-refractivity contribution in [1.82, 2.24) is 9.36 Å². The standard InChI is InChI=1S/C14H15F2N3OS/c1-2-13-17-14(21-18-13)19-7-9(20)6-12(19)8-3-4-10(15)11(16)5-8/h3-5,9,12,20H,2,6-7H2,1H3/t9-,12-/m1/s1. The van der Waals surface area contributed by atoms with Gasteiger partial charge in [-0.05, 0) is 24.1 Å². The number of aromatic nitrogens is 2. The molecule has 0 spiro atoms. The van der Waals surface area contributed by atoms with Crippen molar-refractivity contribution in [2.24, 2.45) is 0 Å². The summed E-state index contributed by atoms with van der Waals surface area (Å²) in [6, 6.07) is 3.64. The van der Waals surface area contributed by atoms with Gasteiger partial charge in [0.15, 0.2) is 11.6 Å². The fourth-order valence-corrected chi connectivity index (χ4v) is 3.38. The van der Waals surface area contributed by atoms with Gasteiger partial charge in [0.05, 0.1) is 12.1 Å². The molecule has 2 aromatic rings. The van der Waals surface area contributed by atoms with E-state index >= 15 is 0 Å². The zero-order chi connectivity index (χ0) is 15.0. The summed E-state index contributed by atoms with van der Waals surface area (Å²) in [4.78, 5) is 6.33. The van der Waals surface area contributed by atoms with E-state index in [0.29, 0.717) is 23.7 Å². The first-order valence-electron chi connectivity index (χ1n) is 6.80. The summed E-state index contributed by atoms with van der Waals surface area (Å²) in [5.74, 6) is -0.992. The van der Waals surface area contributed by atoms with E-state index in [4.69, 9.17) is 0 Å². The second kappa shape index (κ2) is 5.65. The predicted octanol–water partition coefficient (Wildman–Crippen LogP) is 2.69. The first kappa shape index (κ1) is 14.3. The molecule has 0 radical (unpaired) electrons. The molecule has 1 aliphatic rings. The van der Waals surface area contributed by atoms with Crippen LogP contribution < -0.4 is 4.90 Å². The maximum absolute atomic E-state index is 13.4. The van der Waals surface area contributed by atoms with Crippen LogP contribution in [-0.2, 0) is 6.42 Å². The number of nitrogens with zero attached hydrogens (tertiary/aromatic N) is 3. The normalized spacial score (nSPS) is 22.0. The lowest BCUT2D eigenvalue weighted by Crippen LogP contribution is -2.24. The molecule has 0 aliphatic carbocycles. The lowest BCUT2D eigenvalue weighted by molar-refractivity contribution is 0.194. The fraction of sp³-hybridized carbons (Fsp3) is 0.429. The van der Waals surface area contributed by atoms with Crippen LogP contribution in [0.5, 0.6) is 0 Å². The highest BCUT2D eigenvalue weighted by atomic mass is 32.1. The topological polar surface area (TPSA) is 49.2 Å². The van der Waals surface area contributed by atoms with Crippen LogP contribution in [0.3, 0.4) is 0 Å². The van der Waals surface area contributed by atoms with Gasteiger partial charge in [-0.1, -0.05) is 13.0 Å². The molecule has 0 amide bonds. The van der Waals surface area contributed by atoms with E-state index in [9.17, 15) is 13.9 Å². The van der Waals surface area contributed by atoms with Crippen LogP contribution in [0, 0.1) is 11.6 Å². The van der Waals surface area contributed by atoms with Crippen molar-refractivity contribution in [3.63, 3.8) is 0 Å². The molecule has 7 heteroatoms. The Hall–Kier alpha value is -1.60. The maximum atomic E-state index is 13.4. The summed E-state index contributed by atoms with van der Waals surface area (Å²) in [6.07, 6.45) is 0.687. The molecule has 1 saturated heterocycles. The quantitative estimate of drug-likeness (QED) is 0.947. The monoisotopic (exact) mass is 311 g/mol. The SMILES string of the molecule is CCc1nsc(N2C[C@H](O)C[C@@H]2c2ccc(F)c(F)c2)n1. The van der Waals surface area contributed by atoms with Crippen LogP contribution in [0.1, 0.15) is 30.8 Å². The minimum absolute atomic E-state index is 0.215. The Kier molecular flexibility index (Phi) is 3.86. The van der Waals surface area contributed by atoms with Gasteiger partial charge in [-0.3, -0.25) is 0 Å². The van der Waals surface area contributed by atoms with Crippen LogP contribution in [0.4, 0.5) is 13.9 Å². The molecule has 3 rings (SSSR count). The number of anilines is 1. The molecule has 4 nitrogen and oxygen atoms in total. The second-order valence-electron chi connectivity index (χ2n) is 5.08. The zero-order valence-electron chi connectivity index (χ0n) is 11.5. The molecule has 1 aromatic carbocycles. The molecule has 2 atom stereocenters. The van der Waals surface area contributed by atoms with Gasteiger partial charge in [-0.15, -0.1) is 0 Å². The molecular formula is C14H15F2N3OS. The molecule has 2 heterocycles. The van der Waals surface area contributed by atoms with Crippen LogP contribution in [0.2, 0.25) is 0 Å². The molecule has 0 bridgehead atoms. The van der Waals surface area contributed by atoms with Crippen molar-refractivity contribution in [1.29, 1.82) is 0 Å². The van der Waals surface area contributed by atoms with Gasteiger partial charge >= 0.3 is 0 Å². The van der Waals surface area contributed by atoms with E-state index < -0.39 is 17.7 Å². The van der Waals surface area contributed by atoms with Crippen LogP contribution in [0.15, 0.2) is 18.2 Å². The third-order valence-electron chi connectivity index (χ3n) is 3.63. The summed E-state index contributed by atoms with van der Waals surface area (Å²) in [5, 5.41) is 10.6. The van der Waals surface area contributed by atoms with Gasteiger partial charge in [0, 0.05) is 24.5 Å². The Bertz CT molecular complexity index is 649. The van der Waals surface area contributed by atoms with E-state index in [1.165, 1.54) is 17.6 Å². The van der Waals surface area contributed by atoms with Crippen molar-refractivity contribution < 1.29 is 13.9 Å². The second-order valence-corrected chi connectivity index (χ2v) is 5.81. The summed E-state index contributed by atoms with van der Waals surface area (Å²) in [6.45, 7) is 2.39. The number of hydrogen-bond acceptors (Lipinski definition) is 5. The van der Waals surface area contributed by atoms with Crippen molar-refractivity contribution in [2.75, 3.05) is 11.4 Å². The highest BCUT2D eigenvalue weighted by Gasteiger charge is 2.34. The Labute approximate surface area is 125 Å². The molecular weight excluding hydrogens is 296 g/mol. The number of aliphatic hydroxyl groups excluding tert-OH is 1. The molecule has 1 N–H and O–H groups in total. The van der Waals surface area contributed by atoms with Gasteiger partial charge in [-0.2, -0.15) is 4.37 Å². The maximum Gasteiger partial charge on any atom is 0.205 e. The largest absolute Gasteiger partial charge is 0.391 e. The third kappa shape index (κ3) is 2.75. The highest BCUT2D eigenvalue weighted by Crippen LogP contribution is 2.37. The van der Waals surface area contributed by atoms with Gasteiger partial charge < -0.3 is 10.0 Å². The molecule has 0 unspecified atom stereocenters. The van der Waals surface area contributed by atoms with E-state index in [0.717, 1.165) is 18.3 Å². The van der Waals surface area contributed by atoms with Crippen molar-refractivity contribution >= 4 is 16.7 Å². The van der Waals surface area contributed by atoms with Gasteiger partial charge in [-0.25, -0.2) is 13.8 Å². The van der Waals surface area contributed by atoms with Crippen molar-refractivity contribution in [3.8, 4) is 0 Å². The van der Waals surface area contributed by atoms with Crippen molar-refractivity contribution in [3.05, 3.63) is 41.2 Å². The number of halogens is 2. The fourth-order valence-electron chi connectivity index (χ4n) is 2.57. The minimum Gasteiger partial charge on any atom is -0.391 e. The highest BCUT2D eigenvalue weighted by molar-refractivity contribution is 7.09. The lowest BCUT2D eigenvalue weighted by Gasteiger charge is -2.23. The molecule has 1 aromatic heterocycles. The Morgan fingerprint density at radius 2 is 2.19 bits per heavy atom. The number of aliphatic hydroxyl groups is 1. The average Bonchev–Trinajstić information content (AvgIpc) is 3.08. The zero-order valence-corrected chi connectivity index (χ0v) is 12.3. The predicted molar refractivity (Wildman–Crippen MR) is 76.4 cm³/mol. The van der Waals surface area contributed by atoms with E-state index in [2.05, 4.69) is 9.36 Å². The number of hydrogen-bond donors (Lipinski definition) is 1. The average molecular weight is 311 g/mol. The summed E-state index contributed by atoms with van der Waals surface area (Å²) < 4.78 is 30.7. The first-order chi connectivity index (χ1) is 10.1. The minimum atomic E-state index is -0.875. The smallest absolute Gasteiger partial charge is 0.205 e. The Balaban J connectivity index is 1.93. The van der Waals surface area contributed by atoms with Gasteiger partial charge in [0.1, 0.15) is 5.82 Å². The van der Waals surface area contributed by atoms with E-state index in [1.807, 2.05) is 11.8 Å². The van der Waals surface area contributed by atoms with Gasteiger partial charge in [0.2, 0.25) is 5.13 Å². The molecule has 1 aliphatic heterocycles. The number of rotatable bonds is 3. The van der Waals surface area contributed by atoms with Gasteiger partial charge in [0.25, 0.3) is 0 Å². The molecule has 0 saturated carbocycles. The Morgan fingerprint density at radius 1 is 1.38 bits per heavy atom. The van der Waals surface area contributed by atoms with Crippen LogP contribution in [-0.4, -0.2) is 27.1 Å². The molecule has 21 heavy (non-hydrogen) atoms. The molecule has 1 fully saturated rings. The van der Waals surface area contributed by atoms with Crippen molar-refractivity contribution in [2.45, 2.75) is 31.9 Å². The number of benzene rings is 1. The number of β-amino-alcohol motifs (C(OH)–C–C–N with tert-alkyl or cyclic N) is 1. The summed E-state index contributed by atoms with van der Waals surface area (Å²) >= 11 is 1.27. The summed E-state index contributed by atoms with van der Waals surface area (Å²) in [5.41, 5.74) is 0.638. The Morgan fingerprint density at radius 3 is 2.86 bits per heavy atom. The van der Waals surface area contributed by atoms with Crippen LogP contribution in [0.25, 0.3) is 0 Å². The van der Waals surface area contributed by atoms with E-state index in [1.54, 1.807) is 6.07 Å².